The summed E-state index contributed by atoms with van der Waals surface area (Å²) in [4.78, 5) is 12.8. The summed E-state index contributed by atoms with van der Waals surface area (Å²) in [7, 11) is 4.26. The molecular formula is C26H46NO3+. The van der Waals surface area contributed by atoms with E-state index in [1.807, 2.05) is 0 Å². The third-order valence-corrected chi connectivity index (χ3v) is 11.2. The number of rotatable bonds is 7. The van der Waals surface area contributed by atoms with Crippen molar-refractivity contribution in [3.05, 3.63) is 0 Å². The molecule has 0 radical (unpaired) electrons. The van der Waals surface area contributed by atoms with Crippen molar-refractivity contribution in [1.29, 1.82) is 0 Å². The Labute approximate surface area is 184 Å². The number of carbonyl (C=O) groups excluding carboxylic acids is 1. The predicted molar refractivity (Wildman–Crippen MR) is 120 cm³/mol. The molecule has 4 nitrogen and oxygen atoms in total. The van der Waals surface area contributed by atoms with Crippen molar-refractivity contribution in [3.8, 4) is 0 Å². The second-order valence-corrected chi connectivity index (χ2v) is 13.4. The van der Waals surface area contributed by atoms with Crippen LogP contribution in [0.2, 0.25) is 0 Å². The smallest absolute Gasteiger partial charge is 0.362 e. The molecule has 6 atom stereocenters. The van der Waals surface area contributed by atoms with Crippen LogP contribution in [0.4, 0.5) is 0 Å². The minimum absolute atomic E-state index is 0.0371. The van der Waals surface area contributed by atoms with Crippen LogP contribution in [0.3, 0.4) is 0 Å². The maximum absolute atomic E-state index is 12.8. The lowest BCUT2D eigenvalue weighted by Crippen LogP contribution is -2.48. The number of hydrogen-bond acceptors (Lipinski definition) is 3. The molecule has 30 heavy (non-hydrogen) atoms. The van der Waals surface area contributed by atoms with Crippen molar-refractivity contribution in [2.75, 3.05) is 33.8 Å². The molecule has 4 aliphatic carbocycles. The molecule has 4 heteroatoms. The number of ether oxygens (including phenoxy) is 2. The van der Waals surface area contributed by atoms with Crippen LogP contribution in [-0.4, -0.2) is 56.5 Å². The van der Waals surface area contributed by atoms with E-state index in [1.165, 1.54) is 32.1 Å². The van der Waals surface area contributed by atoms with E-state index in [1.54, 1.807) is 0 Å². The molecule has 172 valence electrons. The van der Waals surface area contributed by atoms with Crippen molar-refractivity contribution >= 4 is 5.97 Å². The number of likely N-dealkylation sites (N-methyl/N-ethyl adjacent to an activating group) is 1. The van der Waals surface area contributed by atoms with Crippen molar-refractivity contribution in [2.45, 2.75) is 92.3 Å². The fraction of sp³-hybridized carbons (Fsp3) is 0.962. The molecule has 0 aliphatic heterocycles. The summed E-state index contributed by atoms with van der Waals surface area (Å²) in [5.41, 5.74) is 1.29. The molecule has 0 aromatic rings. The van der Waals surface area contributed by atoms with E-state index in [0.717, 1.165) is 25.5 Å². The van der Waals surface area contributed by atoms with Crippen LogP contribution in [0.15, 0.2) is 0 Å². The number of nitrogens with zero attached hydrogens (tertiary/aromatic N) is 1. The molecule has 0 amide bonds. The summed E-state index contributed by atoms with van der Waals surface area (Å²) < 4.78 is 13.1. The van der Waals surface area contributed by atoms with E-state index in [9.17, 15) is 4.79 Å². The first-order valence-electron chi connectivity index (χ1n) is 12.4. The van der Waals surface area contributed by atoms with Gasteiger partial charge in [-0.25, -0.2) is 4.79 Å². The number of carbonyl (C=O) groups is 1. The van der Waals surface area contributed by atoms with Gasteiger partial charge in [-0.05, 0) is 66.1 Å². The molecule has 0 saturated heterocycles. The predicted octanol–water partition coefficient (Wildman–Crippen LogP) is 5.05. The lowest BCUT2D eigenvalue weighted by molar-refractivity contribution is -0.883. The fourth-order valence-electron chi connectivity index (χ4n) is 7.79. The quantitative estimate of drug-likeness (QED) is 0.427. The Morgan fingerprint density at radius 3 is 2.20 bits per heavy atom. The van der Waals surface area contributed by atoms with E-state index in [-0.39, 0.29) is 17.5 Å². The summed E-state index contributed by atoms with van der Waals surface area (Å²) in [6, 6.07) is 0. The molecule has 0 aromatic heterocycles. The third-order valence-electron chi connectivity index (χ3n) is 11.2. The van der Waals surface area contributed by atoms with Gasteiger partial charge in [0, 0.05) is 5.92 Å². The normalized spacial score (nSPS) is 43.3. The van der Waals surface area contributed by atoms with Gasteiger partial charge in [-0.15, -0.1) is 0 Å². The molecule has 0 N–H and O–H groups in total. The molecule has 0 aromatic carbocycles. The maximum atomic E-state index is 12.8. The Hall–Kier alpha value is -0.610. The van der Waals surface area contributed by atoms with Crippen molar-refractivity contribution in [1.82, 2.24) is 0 Å². The first-order chi connectivity index (χ1) is 13.7. The largest absolute Gasteiger partial charge is 0.458 e. The maximum Gasteiger partial charge on any atom is 0.362 e. The minimum atomic E-state index is -0.0371. The Morgan fingerprint density at radius 2 is 1.70 bits per heavy atom. The van der Waals surface area contributed by atoms with Crippen LogP contribution in [0, 0.1) is 33.5 Å². The second-order valence-electron chi connectivity index (χ2n) is 13.4. The average molecular weight is 421 g/mol. The number of hydrogen-bond donors (Lipinski definition) is 0. The van der Waals surface area contributed by atoms with Crippen molar-refractivity contribution in [2.24, 2.45) is 33.5 Å². The summed E-state index contributed by atoms with van der Waals surface area (Å²) in [6.07, 6.45) is 7.84. The topological polar surface area (TPSA) is 35.5 Å². The van der Waals surface area contributed by atoms with Gasteiger partial charge in [0.15, 0.2) is 6.54 Å². The van der Waals surface area contributed by atoms with Crippen LogP contribution in [-0.2, 0) is 14.3 Å². The highest BCUT2D eigenvalue weighted by Crippen LogP contribution is 2.67. The van der Waals surface area contributed by atoms with E-state index in [4.69, 9.17) is 9.47 Å². The van der Waals surface area contributed by atoms with Gasteiger partial charge in [-0.2, -0.15) is 0 Å². The lowest BCUT2D eigenvalue weighted by atomic mass is 9.70. The summed E-state index contributed by atoms with van der Waals surface area (Å²) in [5, 5.41) is 0. The molecular weight excluding hydrogens is 374 g/mol. The summed E-state index contributed by atoms with van der Waals surface area (Å²) >= 11 is 0. The molecule has 4 rings (SSSR count). The van der Waals surface area contributed by atoms with Gasteiger partial charge >= 0.3 is 5.97 Å². The van der Waals surface area contributed by atoms with Crippen LogP contribution < -0.4 is 0 Å². The van der Waals surface area contributed by atoms with Crippen LogP contribution >= 0.6 is 0 Å². The van der Waals surface area contributed by atoms with E-state index < -0.39 is 0 Å². The summed E-state index contributed by atoms with van der Waals surface area (Å²) in [5.74, 6) is 1.29. The Balaban J connectivity index is 1.25. The summed E-state index contributed by atoms with van der Waals surface area (Å²) in [6.45, 7) is 16.4. The van der Waals surface area contributed by atoms with Crippen molar-refractivity contribution in [3.63, 3.8) is 0 Å². The number of esters is 1. The Bertz CT molecular complexity index is 696. The van der Waals surface area contributed by atoms with Gasteiger partial charge in [0.2, 0.25) is 0 Å². The van der Waals surface area contributed by atoms with Crippen LogP contribution in [0.1, 0.15) is 80.1 Å². The Kier molecular flexibility index (Phi) is 5.22. The standard InChI is InChI=1S/C26H46NO3/c1-23(2)18-9-12-26(23,6)21(15-18)29-14-13-27(7,8)17-22(28)30-20-16-25(5)11-10-19(20)24(25,3)4/h18-21H,9-17H2,1-8H3/q+1/t18-,19-,20+,21-,25-,26-/m0/s1. The SMILES string of the molecule is CC1(C)[C@H]2CC[C@@]1(C)C[C@H]2OC(=O)C[N+](C)(C)CCO[C@H]1C[C@@H]2CC[C@]1(C)C2(C)C. The van der Waals surface area contributed by atoms with Crippen LogP contribution in [0.5, 0.6) is 0 Å². The second kappa shape index (κ2) is 6.94. The molecule has 4 saturated carbocycles. The monoisotopic (exact) mass is 420 g/mol. The molecule has 4 fully saturated rings. The molecule has 0 heterocycles. The highest BCUT2D eigenvalue weighted by molar-refractivity contribution is 5.71. The first kappa shape index (κ1) is 22.6. The van der Waals surface area contributed by atoms with Gasteiger partial charge in [-0.3, -0.25) is 0 Å². The van der Waals surface area contributed by atoms with Crippen LogP contribution in [0.25, 0.3) is 0 Å². The van der Waals surface area contributed by atoms with Gasteiger partial charge in [0.1, 0.15) is 12.6 Å². The van der Waals surface area contributed by atoms with Gasteiger partial charge in [0.25, 0.3) is 0 Å². The van der Waals surface area contributed by atoms with Gasteiger partial charge in [0.05, 0.1) is 26.8 Å². The zero-order chi connectivity index (χ0) is 22.2. The van der Waals surface area contributed by atoms with Gasteiger partial charge < -0.3 is 14.0 Å². The van der Waals surface area contributed by atoms with E-state index >= 15 is 0 Å². The van der Waals surface area contributed by atoms with E-state index in [2.05, 4.69) is 55.6 Å². The fourth-order valence-corrected chi connectivity index (χ4v) is 7.79. The lowest BCUT2D eigenvalue weighted by Gasteiger charge is -2.39. The average Bonchev–Trinajstić information content (AvgIpc) is 3.11. The zero-order valence-corrected chi connectivity index (χ0v) is 20.8. The Morgan fingerprint density at radius 1 is 1.00 bits per heavy atom. The molecule has 0 unspecified atom stereocenters. The minimum Gasteiger partial charge on any atom is -0.458 e. The zero-order valence-electron chi connectivity index (χ0n) is 20.8. The van der Waals surface area contributed by atoms with E-state index in [0.29, 0.717) is 39.3 Å². The van der Waals surface area contributed by atoms with Crippen molar-refractivity contribution < 1.29 is 18.8 Å². The highest BCUT2D eigenvalue weighted by Gasteiger charge is 2.63. The number of fused-ring (bicyclic) bond motifs is 4. The molecule has 4 bridgehead atoms. The molecule has 4 aliphatic rings. The van der Waals surface area contributed by atoms with Gasteiger partial charge in [-0.1, -0.05) is 41.5 Å². The third kappa shape index (κ3) is 3.27. The number of quaternary nitrogens is 1. The highest BCUT2D eigenvalue weighted by atomic mass is 16.5. The molecule has 0 spiro atoms. The first-order valence-corrected chi connectivity index (χ1v) is 12.4.